The Labute approximate surface area is 150 Å². The number of aryl methyl sites for hydroxylation is 1. The van der Waals surface area contributed by atoms with Gasteiger partial charge in [0.2, 0.25) is 10.0 Å². The Morgan fingerprint density at radius 3 is 2.54 bits per heavy atom. The van der Waals surface area contributed by atoms with Gasteiger partial charge in [0.1, 0.15) is 4.21 Å². The molecule has 10 heteroatoms. The Bertz CT molecular complexity index is 983. The topological polar surface area (TPSA) is 83.6 Å². The van der Waals surface area contributed by atoms with Gasteiger partial charge in [-0.05, 0) is 43.7 Å². The molecule has 0 bridgehead atoms. The average Bonchev–Trinajstić information content (AvgIpc) is 3.07. The van der Waals surface area contributed by atoms with Crippen molar-refractivity contribution in [2.75, 3.05) is 21.3 Å². The lowest BCUT2D eigenvalue weighted by Gasteiger charge is -2.18. The molecule has 3 rings (SSSR count). The summed E-state index contributed by atoms with van der Waals surface area (Å²) in [6, 6.07) is 7.74. The molecule has 6 nitrogen and oxygen atoms in total. The van der Waals surface area contributed by atoms with Gasteiger partial charge in [0.25, 0.3) is 10.0 Å². The number of anilines is 2. The second-order valence-electron chi connectivity index (χ2n) is 5.38. The van der Waals surface area contributed by atoms with Gasteiger partial charge in [0, 0.05) is 11.4 Å². The molecule has 0 saturated carbocycles. The first-order valence-electron chi connectivity index (χ1n) is 7.08. The van der Waals surface area contributed by atoms with E-state index in [9.17, 15) is 16.8 Å². The number of nitrogens with one attached hydrogen (secondary N) is 1. The number of rotatable bonds is 4. The zero-order valence-corrected chi connectivity index (χ0v) is 15.9. The minimum absolute atomic E-state index is 0.108. The molecule has 1 aromatic carbocycles. The molecule has 24 heavy (non-hydrogen) atoms. The normalized spacial score (nSPS) is 17.2. The summed E-state index contributed by atoms with van der Waals surface area (Å²) in [6.45, 7) is 2.22. The Morgan fingerprint density at radius 1 is 1.25 bits per heavy atom. The van der Waals surface area contributed by atoms with Crippen molar-refractivity contribution in [3.63, 3.8) is 0 Å². The molecule has 1 fully saturated rings. The fraction of sp³-hybridized carbons (Fsp3) is 0.286. The lowest BCUT2D eigenvalue weighted by Crippen LogP contribution is -2.25. The second-order valence-corrected chi connectivity index (χ2v) is 11.0. The lowest BCUT2D eigenvalue weighted by molar-refractivity contribution is 0.598. The number of thiophene rings is 1. The van der Waals surface area contributed by atoms with E-state index in [-0.39, 0.29) is 20.7 Å². The maximum absolute atomic E-state index is 12.3. The van der Waals surface area contributed by atoms with Crippen LogP contribution in [0.4, 0.5) is 11.4 Å². The van der Waals surface area contributed by atoms with Crippen LogP contribution >= 0.6 is 22.9 Å². The van der Waals surface area contributed by atoms with Crippen molar-refractivity contribution in [3.8, 4) is 0 Å². The van der Waals surface area contributed by atoms with Crippen molar-refractivity contribution < 1.29 is 16.8 Å². The van der Waals surface area contributed by atoms with Crippen LogP contribution in [0.2, 0.25) is 5.02 Å². The van der Waals surface area contributed by atoms with Crippen LogP contribution in [-0.4, -0.2) is 29.1 Å². The first-order chi connectivity index (χ1) is 11.2. The highest BCUT2D eigenvalue weighted by Crippen LogP contribution is 2.33. The first-order valence-corrected chi connectivity index (χ1v) is 11.4. The largest absolute Gasteiger partial charge is 0.277 e. The van der Waals surface area contributed by atoms with Gasteiger partial charge >= 0.3 is 0 Å². The van der Waals surface area contributed by atoms with E-state index in [2.05, 4.69) is 4.72 Å². The fourth-order valence-corrected chi connectivity index (χ4v) is 6.62. The van der Waals surface area contributed by atoms with Gasteiger partial charge in [-0.1, -0.05) is 11.6 Å². The molecule has 0 radical (unpaired) electrons. The van der Waals surface area contributed by atoms with E-state index >= 15 is 0 Å². The Balaban J connectivity index is 1.88. The van der Waals surface area contributed by atoms with Crippen molar-refractivity contribution in [2.45, 2.75) is 17.6 Å². The summed E-state index contributed by atoms with van der Waals surface area (Å²) in [7, 11) is -7.02. The third kappa shape index (κ3) is 3.39. The van der Waals surface area contributed by atoms with E-state index in [4.69, 9.17) is 11.6 Å². The van der Waals surface area contributed by atoms with Gasteiger partial charge in [0.05, 0.1) is 22.2 Å². The third-order valence-electron chi connectivity index (χ3n) is 3.56. The maximum atomic E-state index is 12.3. The van der Waals surface area contributed by atoms with Gasteiger partial charge in [-0.25, -0.2) is 16.8 Å². The van der Waals surface area contributed by atoms with E-state index in [0.717, 1.165) is 16.2 Å². The average molecular weight is 407 g/mol. The summed E-state index contributed by atoms with van der Waals surface area (Å²) in [6.07, 6.45) is 0.562. The summed E-state index contributed by atoms with van der Waals surface area (Å²) in [5.41, 5.74) is 0.649. The van der Waals surface area contributed by atoms with E-state index in [1.807, 2.05) is 6.92 Å². The number of benzene rings is 1. The highest BCUT2D eigenvalue weighted by atomic mass is 35.5. The third-order valence-corrected chi connectivity index (χ3v) is 8.61. The van der Waals surface area contributed by atoms with Crippen LogP contribution in [0, 0.1) is 6.92 Å². The number of sulfonamides is 2. The van der Waals surface area contributed by atoms with Gasteiger partial charge in [-0.15, -0.1) is 11.3 Å². The van der Waals surface area contributed by atoms with Gasteiger partial charge < -0.3 is 0 Å². The Hall–Kier alpha value is -1.29. The molecule has 0 aliphatic carbocycles. The predicted octanol–water partition coefficient (Wildman–Crippen LogP) is 3.05. The zero-order valence-electron chi connectivity index (χ0n) is 12.7. The molecule has 1 aromatic heterocycles. The number of hydrogen-bond donors (Lipinski definition) is 1. The number of halogens is 1. The molecule has 1 aliphatic heterocycles. The Kier molecular flexibility index (Phi) is 4.54. The van der Waals surface area contributed by atoms with Crippen LogP contribution in [0.15, 0.2) is 34.5 Å². The minimum atomic E-state index is -3.72. The fourth-order valence-electron chi connectivity index (χ4n) is 2.42. The molecule has 130 valence electrons. The van der Waals surface area contributed by atoms with Gasteiger partial charge in [0.15, 0.2) is 0 Å². The quantitative estimate of drug-likeness (QED) is 0.845. The van der Waals surface area contributed by atoms with E-state index in [1.165, 1.54) is 22.5 Å². The molecule has 0 atom stereocenters. The lowest BCUT2D eigenvalue weighted by atomic mass is 10.3. The predicted molar refractivity (Wildman–Crippen MR) is 97.1 cm³/mol. The highest BCUT2D eigenvalue weighted by molar-refractivity contribution is 7.94. The summed E-state index contributed by atoms with van der Waals surface area (Å²) in [5, 5.41) is 0.145. The molecule has 0 unspecified atom stereocenters. The van der Waals surface area contributed by atoms with E-state index in [1.54, 1.807) is 12.1 Å². The summed E-state index contributed by atoms with van der Waals surface area (Å²) in [5.74, 6) is 0.108. The monoisotopic (exact) mass is 406 g/mol. The smallest absolute Gasteiger partial charge is 0.271 e. The molecule has 1 N–H and O–H groups in total. The van der Waals surface area contributed by atoms with E-state index < -0.39 is 20.0 Å². The summed E-state index contributed by atoms with van der Waals surface area (Å²) in [4.78, 5) is 0.885. The molecular weight excluding hydrogens is 392 g/mol. The van der Waals surface area contributed by atoms with Crippen molar-refractivity contribution >= 4 is 54.4 Å². The van der Waals surface area contributed by atoms with Crippen LogP contribution in [0.1, 0.15) is 11.3 Å². The van der Waals surface area contributed by atoms with Crippen molar-refractivity contribution in [3.05, 3.63) is 40.2 Å². The second kappa shape index (κ2) is 6.21. The first kappa shape index (κ1) is 17.5. The molecule has 1 saturated heterocycles. The number of hydrogen-bond acceptors (Lipinski definition) is 5. The van der Waals surface area contributed by atoms with Crippen LogP contribution in [0.25, 0.3) is 0 Å². The number of nitrogens with zero attached hydrogens (tertiary/aromatic N) is 1. The molecule has 2 aromatic rings. The van der Waals surface area contributed by atoms with Crippen molar-refractivity contribution in [1.29, 1.82) is 0 Å². The zero-order chi connectivity index (χ0) is 17.5. The van der Waals surface area contributed by atoms with Crippen LogP contribution in [0.3, 0.4) is 0 Å². The minimum Gasteiger partial charge on any atom is -0.277 e. The van der Waals surface area contributed by atoms with Crippen molar-refractivity contribution in [2.24, 2.45) is 0 Å². The maximum Gasteiger partial charge on any atom is 0.271 e. The molecular formula is C14H15ClN2O4S3. The standard InChI is InChI=1S/C14H15ClN2O4S3/c1-10-3-6-14(22-10)24(20,21)16-13-5-4-11(9-12(13)15)17-7-2-8-23(17,18)19/h3-6,9,16H,2,7-8H2,1H3. The molecule has 0 spiro atoms. The van der Waals surface area contributed by atoms with Crippen LogP contribution < -0.4 is 9.03 Å². The molecule has 1 aliphatic rings. The molecule has 0 amide bonds. The van der Waals surface area contributed by atoms with E-state index in [0.29, 0.717) is 18.7 Å². The van der Waals surface area contributed by atoms with Crippen LogP contribution in [-0.2, 0) is 20.0 Å². The summed E-state index contributed by atoms with van der Waals surface area (Å²) >= 11 is 7.32. The SMILES string of the molecule is Cc1ccc(S(=O)(=O)Nc2ccc(N3CCCS3(=O)=O)cc2Cl)s1. The van der Waals surface area contributed by atoms with Gasteiger partial charge in [-0.3, -0.25) is 9.03 Å². The van der Waals surface area contributed by atoms with Crippen molar-refractivity contribution in [1.82, 2.24) is 0 Å². The highest BCUT2D eigenvalue weighted by Gasteiger charge is 2.29. The van der Waals surface area contributed by atoms with Gasteiger partial charge in [-0.2, -0.15) is 0 Å². The van der Waals surface area contributed by atoms with Crippen LogP contribution in [0.5, 0.6) is 0 Å². The Morgan fingerprint density at radius 2 is 2.00 bits per heavy atom. The molecule has 2 heterocycles. The summed E-state index contributed by atoms with van der Waals surface area (Å²) < 4.78 is 52.5.